The molecule has 0 unspecified atom stereocenters. The number of thiophene rings is 1. The van der Waals surface area contributed by atoms with E-state index in [2.05, 4.69) is 10.3 Å². The standard InChI is InChI=1S/C25H23N3O4S2/c1-15-16(2)33-22(21(15)24(31)32-3)27-20(29)14-19-23(30)28(18-12-8-5-9-13-18)25(34-19)26-17-10-6-4-7-11-17/h4-13,19H,14H2,1-3H3,(H,27,29)/t19-/m0/s1. The summed E-state index contributed by atoms with van der Waals surface area (Å²) in [5, 5.41) is 3.11. The summed E-state index contributed by atoms with van der Waals surface area (Å²) in [6.45, 7) is 3.69. The number of nitrogens with zero attached hydrogens (tertiary/aromatic N) is 2. The molecule has 1 atom stereocenters. The zero-order chi connectivity index (χ0) is 24.2. The van der Waals surface area contributed by atoms with Crippen LogP contribution < -0.4 is 10.2 Å². The molecule has 1 fully saturated rings. The van der Waals surface area contributed by atoms with Crippen molar-refractivity contribution in [3.63, 3.8) is 0 Å². The Morgan fingerprint density at radius 1 is 1.06 bits per heavy atom. The Kier molecular flexibility index (Phi) is 7.14. The Balaban J connectivity index is 1.58. The van der Waals surface area contributed by atoms with E-state index in [1.165, 1.54) is 30.2 Å². The van der Waals surface area contributed by atoms with Crippen LogP contribution in [0.25, 0.3) is 0 Å². The number of methoxy groups -OCH3 is 1. The normalized spacial score (nSPS) is 16.7. The summed E-state index contributed by atoms with van der Waals surface area (Å²) >= 11 is 2.57. The van der Waals surface area contributed by atoms with Crippen molar-refractivity contribution < 1.29 is 19.1 Å². The molecule has 0 aliphatic carbocycles. The van der Waals surface area contributed by atoms with E-state index < -0.39 is 11.2 Å². The van der Waals surface area contributed by atoms with E-state index >= 15 is 0 Å². The highest BCUT2D eigenvalue weighted by atomic mass is 32.2. The number of carbonyl (C=O) groups is 3. The van der Waals surface area contributed by atoms with E-state index in [-0.39, 0.29) is 18.2 Å². The number of aryl methyl sites for hydroxylation is 1. The molecule has 0 saturated carbocycles. The van der Waals surface area contributed by atoms with Crippen LogP contribution in [0.2, 0.25) is 0 Å². The first-order valence-corrected chi connectivity index (χ1v) is 12.3. The van der Waals surface area contributed by atoms with Crippen LogP contribution in [0.15, 0.2) is 65.7 Å². The molecule has 2 amide bonds. The van der Waals surface area contributed by atoms with Crippen molar-refractivity contribution in [2.24, 2.45) is 4.99 Å². The molecule has 1 aliphatic rings. The van der Waals surface area contributed by atoms with Gasteiger partial charge in [0.05, 0.1) is 24.0 Å². The van der Waals surface area contributed by atoms with Crippen LogP contribution >= 0.6 is 23.1 Å². The molecule has 4 rings (SSSR count). The van der Waals surface area contributed by atoms with E-state index in [4.69, 9.17) is 4.74 Å². The van der Waals surface area contributed by atoms with Crippen LogP contribution in [-0.2, 0) is 14.3 Å². The van der Waals surface area contributed by atoms with Crippen LogP contribution in [0.3, 0.4) is 0 Å². The van der Waals surface area contributed by atoms with Gasteiger partial charge in [0.25, 0.3) is 0 Å². The topological polar surface area (TPSA) is 88.1 Å². The lowest BCUT2D eigenvalue weighted by Crippen LogP contribution is -2.33. The largest absolute Gasteiger partial charge is 0.465 e. The van der Waals surface area contributed by atoms with Crippen molar-refractivity contribution in [3.05, 3.63) is 76.7 Å². The minimum atomic E-state index is -0.647. The van der Waals surface area contributed by atoms with Crippen molar-refractivity contribution in [1.29, 1.82) is 0 Å². The van der Waals surface area contributed by atoms with Crippen LogP contribution in [0.5, 0.6) is 0 Å². The fourth-order valence-electron chi connectivity index (χ4n) is 3.51. The van der Waals surface area contributed by atoms with Crippen LogP contribution in [0.4, 0.5) is 16.4 Å². The van der Waals surface area contributed by atoms with Gasteiger partial charge in [-0.15, -0.1) is 11.3 Å². The van der Waals surface area contributed by atoms with Gasteiger partial charge in [0.2, 0.25) is 11.8 Å². The highest BCUT2D eigenvalue weighted by Gasteiger charge is 2.40. The molecule has 0 spiro atoms. The third-order valence-electron chi connectivity index (χ3n) is 5.33. The third-order valence-corrected chi connectivity index (χ3v) is 7.59. The van der Waals surface area contributed by atoms with E-state index in [9.17, 15) is 14.4 Å². The van der Waals surface area contributed by atoms with Gasteiger partial charge in [0.1, 0.15) is 10.3 Å². The van der Waals surface area contributed by atoms with Gasteiger partial charge in [-0.25, -0.2) is 9.79 Å². The van der Waals surface area contributed by atoms with Crippen LogP contribution in [-0.4, -0.2) is 35.3 Å². The Hall–Kier alpha value is -3.43. The Morgan fingerprint density at radius 3 is 2.35 bits per heavy atom. The van der Waals surface area contributed by atoms with E-state index in [1.807, 2.05) is 74.5 Å². The van der Waals surface area contributed by atoms with Crippen molar-refractivity contribution in [3.8, 4) is 0 Å². The maximum Gasteiger partial charge on any atom is 0.341 e. The maximum absolute atomic E-state index is 13.3. The predicted octanol–water partition coefficient (Wildman–Crippen LogP) is 5.32. The molecule has 1 saturated heterocycles. The van der Waals surface area contributed by atoms with Gasteiger partial charge in [-0.1, -0.05) is 48.2 Å². The first kappa shape index (κ1) is 23.7. The van der Waals surface area contributed by atoms with Gasteiger partial charge in [0.15, 0.2) is 5.17 Å². The molecule has 3 aromatic rings. The van der Waals surface area contributed by atoms with Crippen molar-refractivity contribution in [2.45, 2.75) is 25.5 Å². The Labute approximate surface area is 205 Å². The summed E-state index contributed by atoms with van der Waals surface area (Å²) in [6.07, 6.45) is -0.0583. The van der Waals surface area contributed by atoms with Gasteiger partial charge in [-0.2, -0.15) is 0 Å². The number of aliphatic imine (C=N–C) groups is 1. The summed E-state index contributed by atoms with van der Waals surface area (Å²) < 4.78 is 4.87. The van der Waals surface area contributed by atoms with E-state index in [1.54, 1.807) is 4.90 Å². The zero-order valence-corrected chi connectivity index (χ0v) is 20.5. The Morgan fingerprint density at radius 2 is 1.71 bits per heavy atom. The fraction of sp³-hybridized carbons (Fsp3) is 0.200. The van der Waals surface area contributed by atoms with Gasteiger partial charge in [0, 0.05) is 11.3 Å². The van der Waals surface area contributed by atoms with Crippen molar-refractivity contribution in [1.82, 2.24) is 0 Å². The first-order chi connectivity index (χ1) is 16.4. The van der Waals surface area contributed by atoms with Gasteiger partial charge in [-0.05, 0) is 43.7 Å². The molecule has 9 heteroatoms. The molecule has 0 radical (unpaired) electrons. The van der Waals surface area contributed by atoms with Crippen LogP contribution in [0.1, 0.15) is 27.2 Å². The minimum Gasteiger partial charge on any atom is -0.465 e. The molecule has 1 aliphatic heterocycles. The average molecular weight is 494 g/mol. The molecule has 1 aromatic heterocycles. The molecule has 2 heterocycles. The number of thioether (sulfide) groups is 1. The molecule has 34 heavy (non-hydrogen) atoms. The lowest BCUT2D eigenvalue weighted by Gasteiger charge is -2.16. The number of nitrogens with one attached hydrogen (secondary N) is 1. The minimum absolute atomic E-state index is 0.0583. The van der Waals surface area contributed by atoms with Crippen LogP contribution in [0, 0.1) is 13.8 Å². The van der Waals surface area contributed by atoms with Gasteiger partial charge in [-0.3, -0.25) is 14.5 Å². The number of esters is 1. The van der Waals surface area contributed by atoms with Gasteiger partial charge < -0.3 is 10.1 Å². The first-order valence-electron chi connectivity index (χ1n) is 10.6. The number of anilines is 2. The smallest absolute Gasteiger partial charge is 0.341 e. The molecule has 1 N–H and O–H groups in total. The van der Waals surface area contributed by atoms with E-state index in [0.29, 0.717) is 21.4 Å². The number of hydrogen-bond donors (Lipinski definition) is 1. The quantitative estimate of drug-likeness (QED) is 0.470. The number of hydrogen-bond acceptors (Lipinski definition) is 7. The molecule has 174 valence electrons. The number of benzene rings is 2. The Bertz CT molecular complexity index is 1260. The number of para-hydroxylation sites is 2. The van der Waals surface area contributed by atoms with Crippen molar-refractivity contribution >= 4 is 62.4 Å². The average Bonchev–Trinajstić information content (AvgIpc) is 3.28. The second kappa shape index (κ2) is 10.2. The number of ether oxygens (including phenoxy) is 1. The maximum atomic E-state index is 13.3. The second-order valence-electron chi connectivity index (χ2n) is 7.58. The number of amides is 2. The lowest BCUT2D eigenvalue weighted by atomic mass is 10.1. The zero-order valence-electron chi connectivity index (χ0n) is 18.9. The number of carbonyl (C=O) groups excluding carboxylic acids is 3. The highest BCUT2D eigenvalue weighted by Crippen LogP contribution is 2.36. The summed E-state index contributed by atoms with van der Waals surface area (Å²) in [4.78, 5) is 45.6. The molecular weight excluding hydrogens is 470 g/mol. The summed E-state index contributed by atoms with van der Waals surface area (Å²) in [7, 11) is 1.31. The lowest BCUT2D eigenvalue weighted by molar-refractivity contribution is -0.121. The van der Waals surface area contributed by atoms with Gasteiger partial charge >= 0.3 is 5.97 Å². The molecule has 7 nitrogen and oxygen atoms in total. The molecular formula is C25H23N3O4S2. The SMILES string of the molecule is COC(=O)c1c(NC(=O)C[C@@H]2SC(=Nc3ccccc3)N(c3ccccc3)C2=O)sc(C)c1C. The fourth-order valence-corrected chi connectivity index (χ4v) is 5.73. The molecule has 0 bridgehead atoms. The van der Waals surface area contributed by atoms with Crippen molar-refractivity contribution in [2.75, 3.05) is 17.3 Å². The highest BCUT2D eigenvalue weighted by molar-refractivity contribution is 8.16. The predicted molar refractivity (Wildman–Crippen MR) is 137 cm³/mol. The molecule has 2 aromatic carbocycles. The number of amidine groups is 1. The summed E-state index contributed by atoms with van der Waals surface area (Å²) in [5.41, 5.74) is 2.53. The number of rotatable bonds is 6. The summed E-state index contributed by atoms with van der Waals surface area (Å²) in [5.74, 6) is -1.07. The third kappa shape index (κ3) is 4.90. The second-order valence-corrected chi connectivity index (χ2v) is 9.97. The van der Waals surface area contributed by atoms with E-state index in [0.717, 1.165) is 16.1 Å². The monoisotopic (exact) mass is 493 g/mol. The summed E-state index contributed by atoms with van der Waals surface area (Å²) in [6, 6.07) is 18.6.